The van der Waals surface area contributed by atoms with Gasteiger partial charge >= 0.3 is 0 Å². The fourth-order valence-corrected chi connectivity index (χ4v) is 1.78. The Kier molecular flexibility index (Phi) is 4.64. The molecule has 0 aliphatic rings. The number of nitriles is 1. The van der Waals surface area contributed by atoms with Crippen LogP contribution >= 0.6 is 15.9 Å². The normalized spacial score (nSPS) is 11.9. The van der Waals surface area contributed by atoms with Crippen LogP contribution in [0.1, 0.15) is 41.9 Å². The third-order valence-corrected chi connectivity index (χ3v) is 2.79. The zero-order valence-electron chi connectivity index (χ0n) is 9.71. The van der Waals surface area contributed by atoms with Crippen molar-refractivity contribution in [3.63, 3.8) is 0 Å². The van der Waals surface area contributed by atoms with Gasteiger partial charge in [-0.2, -0.15) is 5.26 Å². The van der Waals surface area contributed by atoms with Gasteiger partial charge in [0.2, 0.25) is 0 Å². The molecule has 0 amide bonds. The highest BCUT2D eigenvalue weighted by molar-refractivity contribution is 9.10. The summed E-state index contributed by atoms with van der Waals surface area (Å²) in [5, 5.41) is 8.79. The van der Waals surface area contributed by atoms with Gasteiger partial charge in [-0.05, 0) is 19.4 Å². The van der Waals surface area contributed by atoms with Crippen molar-refractivity contribution in [2.75, 3.05) is 0 Å². The van der Waals surface area contributed by atoms with E-state index in [1.807, 2.05) is 6.92 Å². The second kappa shape index (κ2) is 5.78. The summed E-state index contributed by atoms with van der Waals surface area (Å²) in [7, 11) is 0. The predicted molar refractivity (Wildman–Crippen MR) is 68.5 cm³/mol. The Morgan fingerprint density at radius 1 is 1.65 bits per heavy atom. The van der Waals surface area contributed by atoms with Crippen molar-refractivity contribution in [3.8, 4) is 6.07 Å². The van der Waals surface area contributed by atoms with Crippen molar-refractivity contribution < 1.29 is 4.79 Å². The van der Waals surface area contributed by atoms with E-state index in [2.05, 4.69) is 20.9 Å². The van der Waals surface area contributed by atoms with Crippen LogP contribution in [0.3, 0.4) is 0 Å². The summed E-state index contributed by atoms with van der Waals surface area (Å²) in [4.78, 5) is 25.7. The molecule has 0 radical (unpaired) electrons. The van der Waals surface area contributed by atoms with Crippen LogP contribution in [-0.2, 0) is 6.42 Å². The smallest absolute Gasteiger partial charge is 0.266 e. The first-order chi connectivity index (χ1) is 8.01. The molecule has 4 nitrogen and oxygen atoms in total. The fourth-order valence-electron chi connectivity index (χ4n) is 1.53. The zero-order chi connectivity index (χ0) is 13.0. The Hall–Kier alpha value is -1.41. The van der Waals surface area contributed by atoms with Crippen LogP contribution in [0, 0.1) is 11.3 Å². The van der Waals surface area contributed by atoms with E-state index in [1.165, 1.54) is 6.07 Å². The predicted octanol–water partition coefficient (Wildman–Crippen LogP) is 2.17. The summed E-state index contributed by atoms with van der Waals surface area (Å²) in [6.07, 6.45) is 1.43. The number of ketones is 1. The maximum Gasteiger partial charge on any atom is 0.266 e. The van der Waals surface area contributed by atoms with Gasteiger partial charge in [0.15, 0.2) is 5.78 Å². The summed E-state index contributed by atoms with van der Waals surface area (Å²) < 4.78 is 0. The molecule has 0 spiro atoms. The molecule has 1 N–H and O–H groups in total. The van der Waals surface area contributed by atoms with E-state index >= 15 is 0 Å². The molecule has 1 aromatic rings. The Labute approximate surface area is 108 Å². The van der Waals surface area contributed by atoms with E-state index in [0.717, 1.165) is 6.42 Å². The molecule has 1 heterocycles. The fraction of sp³-hybridized carbons (Fsp3) is 0.417. The van der Waals surface area contributed by atoms with Crippen molar-refractivity contribution in [1.29, 1.82) is 5.26 Å². The summed E-state index contributed by atoms with van der Waals surface area (Å²) in [5.74, 6) is -0.124. The maximum absolute atomic E-state index is 11.9. The first-order valence-electron chi connectivity index (χ1n) is 5.35. The van der Waals surface area contributed by atoms with Gasteiger partial charge < -0.3 is 4.98 Å². The van der Waals surface area contributed by atoms with Crippen LogP contribution in [0.5, 0.6) is 0 Å². The molecule has 1 aromatic heterocycles. The Morgan fingerprint density at radius 3 is 2.76 bits per heavy atom. The topological polar surface area (TPSA) is 73.7 Å². The van der Waals surface area contributed by atoms with Crippen LogP contribution in [0.25, 0.3) is 0 Å². The van der Waals surface area contributed by atoms with Gasteiger partial charge in [-0.15, -0.1) is 0 Å². The molecule has 0 aromatic carbocycles. The number of carbonyl (C=O) groups is 1. The van der Waals surface area contributed by atoms with Gasteiger partial charge in [-0.1, -0.05) is 29.3 Å². The number of pyridine rings is 1. The average Bonchev–Trinajstić information content (AvgIpc) is 2.29. The molecule has 17 heavy (non-hydrogen) atoms. The number of hydrogen-bond acceptors (Lipinski definition) is 3. The number of nitrogens with one attached hydrogen (secondary N) is 1. The van der Waals surface area contributed by atoms with E-state index < -0.39 is 5.56 Å². The number of H-pyrrole nitrogens is 1. The lowest BCUT2D eigenvalue weighted by molar-refractivity contribution is 0.0994. The highest BCUT2D eigenvalue weighted by atomic mass is 79.9. The highest BCUT2D eigenvalue weighted by Crippen LogP contribution is 2.14. The molecule has 1 atom stereocenters. The Balaban J connectivity index is 3.40. The van der Waals surface area contributed by atoms with Crippen molar-refractivity contribution in [2.24, 2.45) is 0 Å². The van der Waals surface area contributed by atoms with Crippen LogP contribution in [0.15, 0.2) is 10.9 Å². The first-order valence-corrected chi connectivity index (χ1v) is 6.27. The number of Topliss-reactive ketones (excluding diaryl/α,β-unsaturated/α-hetero) is 1. The first kappa shape index (κ1) is 13.7. The van der Waals surface area contributed by atoms with E-state index in [-0.39, 0.29) is 16.2 Å². The third kappa shape index (κ3) is 3.04. The lowest BCUT2D eigenvalue weighted by Crippen LogP contribution is -2.20. The molecule has 0 bridgehead atoms. The summed E-state index contributed by atoms with van der Waals surface area (Å²) in [5.41, 5.74) is 0.566. The zero-order valence-corrected chi connectivity index (χ0v) is 11.3. The molecular weight excluding hydrogens is 284 g/mol. The van der Waals surface area contributed by atoms with Gasteiger partial charge in [-0.25, -0.2) is 0 Å². The van der Waals surface area contributed by atoms with Gasteiger partial charge in [0, 0.05) is 11.3 Å². The SMILES string of the molecule is CCCc1[nH]c(=O)c(C#N)cc1C(=O)C(C)Br. The van der Waals surface area contributed by atoms with Gasteiger partial charge in [0.1, 0.15) is 11.6 Å². The number of alkyl halides is 1. The number of hydrogen-bond donors (Lipinski definition) is 1. The minimum absolute atomic E-state index is 0.0265. The van der Waals surface area contributed by atoms with Crippen molar-refractivity contribution in [2.45, 2.75) is 31.5 Å². The molecule has 0 aliphatic carbocycles. The van der Waals surface area contributed by atoms with Crippen LogP contribution < -0.4 is 5.56 Å². The standard InChI is InChI=1S/C12H13BrN2O2/c1-3-4-10-9(11(16)7(2)13)5-8(6-14)12(17)15-10/h5,7H,3-4H2,1-2H3,(H,15,17). The summed E-state index contributed by atoms with van der Waals surface area (Å²) >= 11 is 3.20. The Bertz CT molecular complexity index is 526. The molecule has 0 saturated heterocycles. The second-order valence-corrected chi connectivity index (χ2v) is 5.12. The molecule has 90 valence electrons. The number of halogens is 1. The quantitative estimate of drug-likeness (QED) is 0.683. The van der Waals surface area contributed by atoms with Gasteiger partial charge in [-0.3, -0.25) is 9.59 Å². The molecule has 1 rings (SSSR count). The lowest BCUT2D eigenvalue weighted by atomic mass is 10.0. The minimum Gasteiger partial charge on any atom is -0.324 e. The molecular formula is C12H13BrN2O2. The minimum atomic E-state index is -0.435. The highest BCUT2D eigenvalue weighted by Gasteiger charge is 2.18. The molecule has 5 heteroatoms. The van der Waals surface area contributed by atoms with Crippen molar-refractivity contribution >= 4 is 21.7 Å². The van der Waals surface area contributed by atoms with Crippen molar-refractivity contribution in [1.82, 2.24) is 4.98 Å². The van der Waals surface area contributed by atoms with Crippen molar-refractivity contribution in [3.05, 3.63) is 33.2 Å². The van der Waals surface area contributed by atoms with E-state index in [1.54, 1.807) is 13.0 Å². The number of nitrogens with zero attached hydrogens (tertiary/aromatic N) is 1. The van der Waals surface area contributed by atoms with E-state index in [0.29, 0.717) is 17.7 Å². The molecule has 0 saturated carbocycles. The average molecular weight is 297 g/mol. The Morgan fingerprint density at radius 2 is 2.29 bits per heavy atom. The van der Waals surface area contributed by atoms with Crippen LogP contribution in [0.4, 0.5) is 0 Å². The summed E-state index contributed by atoms with van der Waals surface area (Å²) in [6, 6.07) is 3.17. The largest absolute Gasteiger partial charge is 0.324 e. The third-order valence-electron chi connectivity index (χ3n) is 2.37. The number of carbonyl (C=O) groups excluding carboxylic acids is 1. The van der Waals surface area contributed by atoms with Crippen LogP contribution in [-0.4, -0.2) is 15.6 Å². The van der Waals surface area contributed by atoms with Crippen LogP contribution in [0.2, 0.25) is 0 Å². The monoisotopic (exact) mass is 296 g/mol. The van der Waals surface area contributed by atoms with Gasteiger partial charge in [0.25, 0.3) is 5.56 Å². The summed E-state index contributed by atoms with van der Waals surface area (Å²) in [6.45, 7) is 3.68. The number of aromatic amines is 1. The second-order valence-electron chi connectivity index (χ2n) is 3.75. The van der Waals surface area contributed by atoms with Gasteiger partial charge in [0.05, 0.1) is 4.83 Å². The number of rotatable bonds is 4. The molecule has 0 aliphatic heterocycles. The van der Waals surface area contributed by atoms with E-state index in [9.17, 15) is 9.59 Å². The number of aryl methyl sites for hydroxylation is 1. The molecule has 1 unspecified atom stereocenters. The molecule has 0 fully saturated rings. The number of aromatic nitrogens is 1. The lowest BCUT2D eigenvalue weighted by Gasteiger charge is -2.09. The maximum atomic E-state index is 11.9. The van der Waals surface area contributed by atoms with E-state index in [4.69, 9.17) is 5.26 Å².